The van der Waals surface area contributed by atoms with Crippen molar-refractivity contribution in [3.05, 3.63) is 66.1 Å². The average molecular weight is 337 g/mol. The Morgan fingerprint density at radius 3 is 2.56 bits per heavy atom. The van der Waals surface area contributed by atoms with E-state index in [4.69, 9.17) is 9.15 Å². The first-order valence-electron chi connectivity index (χ1n) is 7.57. The van der Waals surface area contributed by atoms with E-state index in [1.165, 1.54) is 0 Å². The number of carbonyl (C=O) groups excluding carboxylic acids is 2. The monoisotopic (exact) mass is 337 g/mol. The Labute approximate surface area is 143 Å². The summed E-state index contributed by atoms with van der Waals surface area (Å²) in [4.78, 5) is 21.1. The summed E-state index contributed by atoms with van der Waals surface area (Å²) in [5.74, 6) is 0.532. The van der Waals surface area contributed by atoms with Crippen LogP contribution in [0.5, 0.6) is 5.75 Å². The van der Waals surface area contributed by atoms with E-state index in [9.17, 15) is 9.59 Å². The fourth-order valence-corrected chi connectivity index (χ4v) is 2.08. The van der Waals surface area contributed by atoms with Gasteiger partial charge in [-0.2, -0.15) is 0 Å². The quantitative estimate of drug-likeness (QED) is 0.524. The molecule has 0 radical (unpaired) electrons. The van der Waals surface area contributed by atoms with Gasteiger partial charge in [0, 0.05) is 5.56 Å². The van der Waals surface area contributed by atoms with Gasteiger partial charge in [0.2, 0.25) is 18.1 Å². The summed E-state index contributed by atoms with van der Waals surface area (Å²) < 4.78 is 11.2. The zero-order chi connectivity index (χ0) is 17.5. The number of ether oxygens (including phenoxy) is 1. The highest BCUT2D eigenvalue weighted by atomic mass is 16.5. The van der Waals surface area contributed by atoms with Crippen molar-refractivity contribution in [3.63, 3.8) is 0 Å². The SMILES string of the molecule is O=CC(=O)NCc1nnc(-c2ccc(OCc3ccccc3)cc2)o1. The average Bonchev–Trinajstić information content (AvgIpc) is 3.14. The zero-order valence-corrected chi connectivity index (χ0v) is 13.2. The van der Waals surface area contributed by atoms with E-state index in [1.807, 2.05) is 54.6 Å². The Balaban J connectivity index is 1.59. The van der Waals surface area contributed by atoms with Crippen LogP contribution in [0.3, 0.4) is 0 Å². The van der Waals surface area contributed by atoms with Crippen molar-refractivity contribution < 1.29 is 18.7 Å². The molecule has 0 aliphatic rings. The lowest BCUT2D eigenvalue weighted by Gasteiger charge is -2.06. The number of nitrogens with zero attached hydrogens (tertiary/aromatic N) is 2. The van der Waals surface area contributed by atoms with Crippen LogP contribution in [0.2, 0.25) is 0 Å². The molecular formula is C18H15N3O4. The Bertz CT molecular complexity index is 844. The molecule has 1 heterocycles. The molecule has 0 unspecified atom stereocenters. The van der Waals surface area contributed by atoms with Gasteiger partial charge in [-0.1, -0.05) is 30.3 Å². The van der Waals surface area contributed by atoms with Crippen molar-refractivity contribution in [3.8, 4) is 17.2 Å². The van der Waals surface area contributed by atoms with E-state index < -0.39 is 5.91 Å². The van der Waals surface area contributed by atoms with E-state index >= 15 is 0 Å². The molecule has 1 N–H and O–H groups in total. The van der Waals surface area contributed by atoms with Crippen molar-refractivity contribution >= 4 is 12.2 Å². The van der Waals surface area contributed by atoms with Crippen molar-refractivity contribution in [2.75, 3.05) is 0 Å². The standard InChI is InChI=1S/C18H15N3O4/c22-11-16(23)19-10-17-20-21-18(25-17)14-6-8-15(9-7-14)24-12-13-4-2-1-3-5-13/h1-9,11H,10,12H2,(H,19,23). The van der Waals surface area contributed by atoms with Gasteiger partial charge >= 0.3 is 0 Å². The van der Waals surface area contributed by atoms with Crippen LogP contribution >= 0.6 is 0 Å². The molecule has 3 rings (SSSR count). The van der Waals surface area contributed by atoms with Crippen LogP contribution in [0.15, 0.2) is 59.0 Å². The topological polar surface area (TPSA) is 94.3 Å². The van der Waals surface area contributed by atoms with Crippen LogP contribution in [-0.4, -0.2) is 22.4 Å². The largest absolute Gasteiger partial charge is 0.489 e. The molecule has 0 fully saturated rings. The number of amides is 1. The van der Waals surface area contributed by atoms with Gasteiger partial charge < -0.3 is 14.5 Å². The first-order chi connectivity index (χ1) is 12.2. The molecule has 0 saturated carbocycles. The number of aromatic nitrogens is 2. The van der Waals surface area contributed by atoms with E-state index in [0.29, 0.717) is 12.5 Å². The van der Waals surface area contributed by atoms with Gasteiger partial charge in [-0.05, 0) is 29.8 Å². The van der Waals surface area contributed by atoms with Crippen molar-refractivity contribution in [2.24, 2.45) is 0 Å². The molecule has 0 saturated heterocycles. The second-order valence-electron chi connectivity index (χ2n) is 5.14. The molecule has 7 heteroatoms. The summed E-state index contributed by atoms with van der Waals surface area (Å²) in [6, 6.07) is 17.1. The van der Waals surface area contributed by atoms with Gasteiger partial charge in [0.15, 0.2) is 0 Å². The molecule has 1 aromatic heterocycles. The molecule has 2 aromatic carbocycles. The van der Waals surface area contributed by atoms with Crippen LogP contribution in [0.25, 0.3) is 11.5 Å². The highest BCUT2D eigenvalue weighted by molar-refractivity contribution is 6.23. The molecule has 0 aliphatic carbocycles. The van der Waals surface area contributed by atoms with E-state index in [-0.39, 0.29) is 18.7 Å². The molecule has 1 amide bonds. The third-order valence-corrected chi connectivity index (χ3v) is 3.34. The predicted molar refractivity (Wildman–Crippen MR) is 88.4 cm³/mol. The van der Waals surface area contributed by atoms with Crippen LogP contribution < -0.4 is 10.1 Å². The zero-order valence-electron chi connectivity index (χ0n) is 13.2. The first-order valence-corrected chi connectivity index (χ1v) is 7.57. The van der Waals surface area contributed by atoms with E-state index in [0.717, 1.165) is 16.9 Å². The van der Waals surface area contributed by atoms with E-state index in [2.05, 4.69) is 15.5 Å². The molecule has 3 aromatic rings. The third-order valence-electron chi connectivity index (χ3n) is 3.34. The number of nitrogens with one attached hydrogen (secondary N) is 1. The summed E-state index contributed by atoms with van der Waals surface area (Å²) in [5.41, 5.74) is 1.82. The first kappa shape index (κ1) is 16.4. The summed E-state index contributed by atoms with van der Waals surface area (Å²) in [6.07, 6.45) is 0.186. The number of benzene rings is 2. The molecule has 0 atom stereocenters. The summed E-state index contributed by atoms with van der Waals surface area (Å²) in [6.45, 7) is 0.490. The summed E-state index contributed by atoms with van der Waals surface area (Å²) in [7, 11) is 0. The maximum absolute atomic E-state index is 10.9. The van der Waals surface area contributed by atoms with Crippen molar-refractivity contribution in [2.45, 2.75) is 13.2 Å². The van der Waals surface area contributed by atoms with Crippen LogP contribution in [0.4, 0.5) is 0 Å². The molecule has 7 nitrogen and oxygen atoms in total. The molecular weight excluding hydrogens is 322 g/mol. The third kappa shape index (κ3) is 4.51. The van der Waals surface area contributed by atoms with Gasteiger partial charge in [-0.25, -0.2) is 0 Å². The van der Waals surface area contributed by atoms with E-state index in [1.54, 1.807) is 0 Å². The second-order valence-corrected chi connectivity index (χ2v) is 5.14. The number of rotatable bonds is 7. The van der Waals surface area contributed by atoms with Gasteiger partial charge in [-0.15, -0.1) is 10.2 Å². The lowest BCUT2D eigenvalue weighted by Crippen LogP contribution is -2.23. The fraction of sp³-hybridized carbons (Fsp3) is 0.111. The van der Waals surface area contributed by atoms with Crippen molar-refractivity contribution in [1.82, 2.24) is 15.5 Å². The number of carbonyl (C=O) groups is 2. The molecule has 25 heavy (non-hydrogen) atoms. The second kappa shape index (κ2) is 7.87. The smallest absolute Gasteiger partial charge is 0.284 e. The van der Waals surface area contributed by atoms with Gasteiger partial charge in [0.1, 0.15) is 12.4 Å². The van der Waals surface area contributed by atoms with Crippen LogP contribution in [0, 0.1) is 0 Å². The summed E-state index contributed by atoms with van der Waals surface area (Å²) >= 11 is 0. The highest BCUT2D eigenvalue weighted by Gasteiger charge is 2.09. The fourth-order valence-electron chi connectivity index (χ4n) is 2.08. The normalized spacial score (nSPS) is 10.2. The molecule has 0 bridgehead atoms. The molecule has 0 aliphatic heterocycles. The summed E-state index contributed by atoms with van der Waals surface area (Å²) in [5, 5.41) is 10.1. The molecule has 126 valence electrons. The van der Waals surface area contributed by atoms with Gasteiger partial charge in [-0.3, -0.25) is 9.59 Å². The Morgan fingerprint density at radius 2 is 1.84 bits per heavy atom. The Kier molecular flexibility index (Phi) is 5.16. The molecule has 0 spiro atoms. The van der Waals surface area contributed by atoms with Crippen LogP contribution in [0.1, 0.15) is 11.5 Å². The number of hydrogen-bond acceptors (Lipinski definition) is 6. The Hall–Kier alpha value is -3.48. The van der Waals surface area contributed by atoms with Crippen LogP contribution in [-0.2, 0) is 22.7 Å². The lowest BCUT2D eigenvalue weighted by molar-refractivity contribution is -0.131. The maximum atomic E-state index is 10.9. The maximum Gasteiger partial charge on any atom is 0.284 e. The minimum atomic E-state index is -0.736. The van der Waals surface area contributed by atoms with Gasteiger partial charge in [0.25, 0.3) is 5.91 Å². The lowest BCUT2D eigenvalue weighted by atomic mass is 10.2. The Morgan fingerprint density at radius 1 is 1.08 bits per heavy atom. The minimum Gasteiger partial charge on any atom is -0.489 e. The minimum absolute atomic E-state index is 0.00282. The van der Waals surface area contributed by atoms with Gasteiger partial charge in [0.05, 0.1) is 6.54 Å². The highest BCUT2D eigenvalue weighted by Crippen LogP contribution is 2.22. The number of hydrogen-bond donors (Lipinski definition) is 1. The van der Waals surface area contributed by atoms with Crippen molar-refractivity contribution in [1.29, 1.82) is 0 Å². The predicted octanol–water partition coefficient (Wildman–Crippen LogP) is 2.13. The number of aldehydes is 1.